The van der Waals surface area contributed by atoms with Gasteiger partial charge in [0.15, 0.2) is 0 Å². The van der Waals surface area contributed by atoms with Gasteiger partial charge in [-0.05, 0) is 24.1 Å². The van der Waals surface area contributed by atoms with Crippen molar-refractivity contribution in [1.82, 2.24) is 14.3 Å². The normalized spacial score (nSPS) is 15.5. The summed E-state index contributed by atoms with van der Waals surface area (Å²) in [5.41, 5.74) is 3.00. The first kappa shape index (κ1) is 15.1. The van der Waals surface area contributed by atoms with Crippen LogP contribution in [-0.4, -0.2) is 29.2 Å². The Balaban J connectivity index is 1.84. The minimum Gasteiger partial charge on any atom is -0.244 e. The van der Waals surface area contributed by atoms with E-state index < -0.39 is 10.0 Å². The molecule has 1 aromatic heterocycles. The minimum absolute atomic E-state index is 0.342. The summed E-state index contributed by atoms with van der Waals surface area (Å²) in [7, 11) is -3.46. The van der Waals surface area contributed by atoms with E-state index in [0.29, 0.717) is 24.4 Å². The summed E-state index contributed by atoms with van der Waals surface area (Å²) < 4.78 is 27.0. The molecule has 0 atom stereocenters. The fourth-order valence-electron chi connectivity index (χ4n) is 2.71. The van der Waals surface area contributed by atoms with Crippen LogP contribution in [0.1, 0.15) is 30.2 Å². The molecule has 1 aliphatic heterocycles. The van der Waals surface area contributed by atoms with Crippen LogP contribution in [0.2, 0.25) is 0 Å². The van der Waals surface area contributed by atoms with E-state index in [2.05, 4.69) is 16.9 Å². The fourth-order valence-corrected chi connectivity index (χ4v) is 4.13. The van der Waals surface area contributed by atoms with E-state index in [0.717, 1.165) is 24.1 Å². The maximum absolute atomic E-state index is 12.8. The lowest BCUT2D eigenvalue weighted by Crippen LogP contribution is -2.36. The van der Waals surface area contributed by atoms with E-state index >= 15 is 0 Å². The van der Waals surface area contributed by atoms with Crippen molar-refractivity contribution in [2.24, 2.45) is 0 Å². The molecule has 116 valence electrons. The van der Waals surface area contributed by atoms with Crippen LogP contribution >= 0.6 is 0 Å². The molecule has 0 aliphatic carbocycles. The second-order valence-corrected chi connectivity index (χ2v) is 7.42. The first-order chi connectivity index (χ1) is 10.6. The summed E-state index contributed by atoms with van der Waals surface area (Å²) in [5.74, 6) is 0. The van der Waals surface area contributed by atoms with Crippen molar-refractivity contribution < 1.29 is 8.42 Å². The predicted molar refractivity (Wildman–Crippen MR) is 83.8 cm³/mol. The molecule has 0 fully saturated rings. The van der Waals surface area contributed by atoms with Crippen molar-refractivity contribution in [3.8, 4) is 0 Å². The molecule has 0 bridgehead atoms. The zero-order valence-corrected chi connectivity index (χ0v) is 13.4. The molecule has 3 rings (SSSR count). The first-order valence-electron chi connectivity index (χ1n) is 7.48. The van der Waals surface area contributed by atoms with E-state index in [9.17, 15) is 8.42 Å². The lowest BCUT2D eigenvalue weighted by molar-refractivity contribution is 0.386. The maximum Gasteiger partial charge on any atom is 0.243 e. The largest absolute Gasteiger partial charge is 0.244 e. The average Bonchev–Trinajstić information content (AvgIpc) is 2.55. The van der Waals surface area contributed by atoms with Gasteiger partial charge in [0.05, 0.1) is 4.90 Å². The topological polar surface area (TPSA) is 63.2 Å². The number of nitrogens with zero attached hydrogens (tertiary/aromatic N) is 3. The van der Waals surface area contributed by atoms with Crippen LogP contribution in [0.3, 0.4) is 0 Å². The van der Waals surface area contributed by atoms with Crippen LogP contribution in [0, 0.1) is 0 Å². The number of sulfonamides is 1. The molecule has 0 amide bonds. The van der Waals surface area contributed by atoms with Gasteiger partial charge in [0, 0.05) is 37.0 Å². The third kappa shape index (κ3) is 2.89. The van der Waals surface area contributed by atoms with Crippen molar-refractivity contribution in [3.05, 3.63) is 53.6 Å². The highest BCUT2D eigenvalue weighted by Gasteiger charge is 2.28. The lowest BCUT2D eigenvalue weighted by Gasteiger charge is -2.27. The molecule has 2 aromatic rings. The summed E-state index contributed by atoms with van der Waals surface area (Å²) in [6.45, 7) is 2.91. The molecule has 0 spiro atoms. The van der Waals surface area contributed by atoms with Crippen molar-refractivity contribution in [1.29, 1.82) is 0 Å². The van der Waals surface area contributed by atoms with Gasteiger partial charge in [-0.25, -0.2) is 18.4 Å². The Morgan fingerprint density at radius 1 is 1.23 bits per heavy atom. The standard InChI is InChI=1S/C16H19N3O2S/c1-2-3-13-4-6-15(7-5-13)22(20,21)19-9-8-16-14(11-19)10-17-12-18-16/h4-7,10,12H,2-3,8-9,11H2,1H3. The van der Waals surface area contributed by atoms with E-state index in [1.165, 1.54) is 16.2 Å². The number of benzene rings is 1. The van der Waals surface area contributed by atoms with Gasteiger partial charge in [0.2, 0.25) is 10.0 Å². The molecule has 0 saturated heterocycles. The summed E-state index contributed by atoms with van der Waals surface area (Å²) in [6, 6.07) is 7.21. The highest BCUT2D eigenvalue weighted by molar-refractivity contribution is 7.89. The molecule has 1 aliphatic rings. The van der Waals surface area contributed by atoms with Crippen molar-refractivity contribution in [2.75, 3.05) is 6.54 Å². The van der Waals surface area contributed by atoms with Gasteiger partial charge >= 0.3 is 0 Å². The van der Waals surface area contributed by atoms with Gasteiger partial charge in [-0.2, -0.15) is 4.31 Å². The van der Waals surface area contributed by atoms with Crippen LogP contribution in [0.4, 0.5) is 0 Å². The highest BCUT2D eigenvalue weighted by Crippen LogP contribution is 2.23. The van der Waals surface area contributed by atoms with Crippen LogP contribution in [-0.2, 0) is 29.4 Å². The molecule has 6 heteroatoms. The smallest absolute Gasteiger partial charge is 0.243 e. The van der Waals surface area contributed by atoms with E-state index in [-0.39, 0.29) is 0 Å². The molecule has 1 aromatic carbocycles. The van der Waals surface area contributed by atoms with E-state index in [1.807, 2.05) is 12.1 Å². The minimum atomic E-state index is -3.46. The van der Waals surface area contributed by atoms with Crippen LogP contribution in [0.15, 0.2) is 41.7 Å². The van der Waals surface area contributed by atoms with Gasteiger partial charge in [0.1, 0.15) is 6.33 Å². The summed E-state index contributed by atoms with van der Waals surface area (Å²) in [4.78, 5) is 8.55. The molecular formula is C16H19N3O2S. The third-order valence-corrected chi connectivity index (χ3v) is 5.79. The van der Waals surface area contributed by atoms with Gasteiger partial charge in [0.25, 0.3) is 0 Å². The Morgan fingerprint density at radius 3 is 2.73 bits per heavy atom. The Kier molecular flexibility index (Phi) is 4.22. The van der Waals surface area contributed by atoms with Crippen LogP contribution in [0.5, 0.6) is 0 Å². The highest BCUT2D eigenvalue weighted by atomic mass is 32.2. The number of fused-ring (bicyclic) bond motifs is 1. The first-order valence-corrected chi connectivity index (χ1v) is 8.92. The van der Waals surface area contributed by atoms with Gasteiger partial charge in [-0.15, -0.1) is 0 Å². The molecular weight excluding hydrogens is 298 g/mol. The summed E-state index contributed by atoms with van der Waals surface area (Å²) in [6.07, 6.45) is 5.86. The summed E-state index contributed by atoms with van der Waals surface area (Å²) >= 11 is 0. The third-order valence-electron chi connectivity index (χ3n) is 3.93. The number of aryl methyl sites for hydroxylation is 1. The number of hydrogen-bond acceptors (Lipinski definition) is 4. The van der Waals surface area contributed by atoms with Crippen molar-refractivity contribution in [2.45, 2.75) is 37.6 Å². The second kappa shape index (κ2) is 6.14. The SMILES string of the molecule is CCCc1ccc(S(=O)(=O)N2CCc3ncncc3C2)cc1. The van der Waals surface area contributed by atoms with Crippen LogP contribution < -0.4 is 0 Å². The molecule has 0 N–H and O–H groups in total. The maximum atomic E-state index is 12.8. The Morgan fingerprint density at radius 2 is 2.00 bits per heavy atom. The van der Waals surface area contributed by atoms with Gasteiger partial charge in [-0.1, -0.05) is 25.5 Å². The molecule has 2 heterocycles. The van der Waals surface area contributed by atoms with Gasteiger partial charge in [-0.3, -0.25) is 0 Å². The molecule has 22 heavy (non-hydrogen) atoms. The predicted octanol–water partition coefficient (Wildman–Crippen LogP) is 2.18. The Labute approximate surface area is 131 Å². The molecule has 0 unspecified atom stereocenters. The van der Waals surface area contributed by atoms with Gasteiger partial charge < -0.3 is 0 Å². The number of hydrogen-bond donors (Lipinski definition) is 0. The summed E-state index contributed by atoms with van der Waals surface area (Å²) in [5, 5.41) is 0. The molecule has 5 nitrogen and oxygen atoms in total. The van der Waals surface area contributed by atoms with E-state index in [1.54, 1.807) is 18.3 Å². The Bertz CT molecular complexity index is 757. The lowest BCUT2D eigenvalue weighted by atomic mass is 10.1. The fraction of sp³-hybridized carbons (Fsp3) is 0.375. The quantitative estimate of drug-likeness (QED) is 0.867. The average molecular weight is 317 g/mol. The van der Waals surface area contributed by atoms with E-state index in [4.69, 9.17) is 0 Å². The number of rotatable bonds is 4. The van der Waals surface area contributed by atoms with Crippen molar-refractivity contribution >= 4 is 10.0 Å². The molecule has 0 saturated carbocycles. The Hall–Kier alpha value is -1.79. The zero-order valence-electron chi connectivity index (χ0n) is 12.6. The second-order valence-electron chi connectivity index (χ2n) is 5.48. The van der Waals surface area contributed by atoms with Crippen LogP contribution in [0.25, 0.3) is 0 Å². The molecule has 0 radical (unpaired) electrons. The van der Waals surface area contributed by atoms with Crippen molar-refractivity contribution in [3.63, 3.8) is 0 Å². The zero-order chi connectivity index (χ0) is 15.6. The monoisotopic (exact) mass is 317 g/mol. The number of aromatic nitrogens is 2.